The van der Waals surface area contributed by atoms with Crippen LogP contribution in [-0.4, -0.2) is 30.3 Å². The highest BCUT2D eigenvalue weighted by atomic mass is 19.4. The molecule has 2 amide bonds. The van der Waals surface area contributed by atoms with E-state index in [1.54, 1.807) is 19.1 Å². The number of halogens is 3. The maximum atomic E-state index is 13.0. The zero-order chi connectivity index (χ0) is 19.5. The van der Waals surface area contributed by atoms with E-state index < -0.39 is 17.6 Å². The van der Waals surface area contributed by atoms with Crippen LogP contribution in [0.2, 0.25) is 0 Å². The van der Waals surface area contributed by atoms with Crippen molar-refractivity contribution in [2.45, 2.75) is 20.0 Å². The minimum absolute atomic E-state index is 0.336. The number of aryl methyl sites for hydroxylation is 2. The first kappa shape index (κ1) is 19.5. The number of hydrogen-bond acceptors (Lipinski definition) is 2. The lowest BCUT2D eigenvalue weighted by Crippen LogP contribution is -2.35. The molecule has 0 fully saturated rings. The molecule has 0 spiro atoms. The third-order valence-corrected chi connectivity index (χ3v) is 3.85. The number of amides is 2. The van der Waals surface area contributed by atoms with Gasteiger partial charge in [-0.25, -0.2) is 0 Å². The Morgan fingerprint density at radius 3 is 2.35 bits per heavy atom. The first-order valence-corrected chi connectivity index (χ1v) is 7.88. The van der Waals surface area contributed by atoms with E-state index in [1.807, 2.05) is 13.0 Å². The quantitative estimate of drug-likeness (QED) is 0.890. The average Bonchev–Trinajstić information content (AvgIpc) is 2.53. The van der Waals surface area contributed by atoms with E-state index >= 15 is 0 Å². The highest BCUT2D eigenvalue weighted by molar-refractivity contribution is 6.00. The molecule has 2 aromatic rings. The van der Waals surface area contributed by atoms with E-state index in [2.05, 4.69) is 5.32 Å². The summed E-state index contributed by atoms with van der Waals surface area (Å²) in [4.78, 5) is 25.7. The number of carbonyl (C=O) groups is 2. The Bertz CT molecular complexity index is 832. The van der Waals surface area contributed by atoms with Gasteiger partial charge in [0.05, 0.1) is 17.8 Å². The second-order valence-corrected chi connectivity index (χ2v) is 6.07. The second-order valence-electron chi connectivity index (χ2n) is 6.07. The third kappa shape index (κ3) is 4.62. The number of carbonyl (C=O) groups excluding carboxylic acids is 2. The third-order valence-electron chi connectivity index (χ3n) is 3.85. The fourth-order valence-corrected chi connectivity index (χ4v) is 2.58. The van der Waals surface area contributed by atoms with Gasteiger partial charge in [0.15, 0.2) is 0 Å². The first-order valence-electron chi connectivity index (χ1n) is 7.88. The fraction of sp³-hybridized carbons (Fsp3) is 0.263. The van der Waals surface area contributed by atoms with Crippen molar-refractivity contribution in [3.63, 3.8) is 0 Å². The summed E-state index contributed by atoms with van der Waals surface area (Å²) in [6.45, 7) is 3.32. The highest BCUT2D eigenvalue weighted by Crippen LogP contribution is 2.34. The molecule has 0 heterocycles. The van der Waals surface area contributed by atoms with Crippen LogP contribution in [0.4, 0.5) is 18.9 Å². The van der Waals surface area contributed by atoms with Gasteiger partial charge in [0, 0.05) is 12.6 Å². The minimum Gasteiger partial charge on any atom is -0.332 e. The molecule has 4 nitrogen and oxygen atoms in total. The summed E-state index contributed by atoms with van der Waals surface area (Å²) >= 11 is 0. The highest BCUT2D eigenvalue weighted by Gasteiger charge is 2.33. The van der Waals surface area contributed by atoms with Crippen LogP contribution in [0.25, 0.3) is 0 Å². The van der Waals surface area contributed by atoms with E-state index in [9.17, 15) is 22.8 Å². The fourth-order valence-electron chi connectivity index (χ4n) is 2.58. The van der Waals surface area contributed by atoms with E-state index in [1.165, 1.54) is 30.1 Å². The van der Waals surface area contributed by atoms with Crippen molar-refractivity contribution in [1.82, 2.24) is 4.90 Å². The number of anilines is 1. The summed E-state index contributed by atoms with van der Waals surface area (Å²) in [5, 5.41) is 2.23. The van der Waals surface area contributed by atoms with Crippen molar-refractivity contribution in [3.05, 3.63) is 64.7 Å². The summed E-state index contributed by atoms with van der Waals surface area (Å²) in [5.41, 5.74) is 0.948. The molecule has 26 heavy (non-hydrogen) atoms. The molecule has 0 radical (unpaired) electrons. The van der Waals surface area contributed by atoms with Crippen LogP contribution in [0.5, 0.6) is 0 Å². The van der Waals surface area contributed by atoms with Crippen LogP contribution in [0.1, 0.15) is 27.0 Å². The number of nitrogens with one attached hydrogen (secondary N) is 1. The molecule has 0 saturated heterocycles. The monoisotopic (exact) mass is 364 g/mol. The maximum absolute atomic E-state index is 13.0. The molecule has 0 unspecified atom stereocenters. The number of para-hydroxylation sites is 1. The van der Waals surface area contributed by atoms with Gasteiger partial charge in [0.2, 0.25) is 5.91 Å². The van der Waals surface area contributed by atoms with Gasteiger partial charge in [0.25, 0.3) is 5.91 Å². The Morgan fingerprint density at radius 2 is 1.73 bits per heavy atom. The molecule has 0 bridgehead atoms. The van der Waals surface area contributed by atoms with Gasteiger partial charge in [-0.1, -0.05) is 29.8 Å². The molecule has 1 N–H and O–H groups in total. The molecule has 0 aliphatic rings. The predicted molar refractivity (Wildman–Crippen MR) is 93.0 cm³/mol. The van der Waals surface area contributed by atoms with Crippen LogP contribution in [0.3, 0.4) is 0 Å². The maximum Gasteiger partial charge on any atom is 0.418 e. The molecule has 0 atom stereocenters. The Kier molecular flexibility index (Phi) is 5.69. The molecule has 2 aromatic carbocycles. The van der Waals surface area contributed by atoms with Crippen molar-refractivity contribution < 1.29 is 22.8 Å². The van der Waals surface area contributed by atoms with Crippen LogP contribution >= 0.6 is 0 Å². The molecular formula is C19H19F3N2O2. The van der Waals surface area contributed by atoms with Gasteiger partial charge >= 0.3 is 6.18 Å². The number of nitrogens with zero attached hydrogens (tertiary/aromatic N) is 1. The summed E-state index contributed by atoms with van der Waals surface area (Å²) in [6.07, 6.45) is -4.58. The second kappa shape index (κ2) is 7.59. The Balaban J connectivity index is 2.09. The lowest BCUT2D eigenvalue weighted by Gasteiger charge is -2.19. The molecule has 0 aliphatic carbocycles. The van der Waals surface area contributed by atoms with Crippen LogP contribution in [0, 0.1) is 13.8 Å². The van der Waals surface area contributed by atoms with Gasteiger partial charge in [-0.05, 0) is 37.6 Å². The van der Waals surface area contributed by atoms with E-state index in [4.69, 9.17) is 0 Å². The van der Waals surface area contributed by atoms with Crippen molar-refractivity contribution in [2.24, 2.45) is 0 Å². The van der Waals surface area contributed by atoms with Crippen molar-refractivity contribution >= 4 is 17.5 Å². The topological polar surface area (TPSA) is 49.4 Å². The average molecular weight is 364 g/mol. The molecule has 2 rings (SSSR count). The van der Waals surface area contributed by atoms with Crippen molar-refractivity contribution in [2.75, 3.05) is 18.9 Å². The molecule has 7 heteroatoms. The number of likely N-dealkylation sites (N-methyl/N-ethyl adjacent to an activating group) is 1. The molecule has 0 aromatic heterocycles. The Hall–Kier alpha value is -2.83. The number of hydrogen-bond donors (Lipinski definition) is 1. The standard InChI is InChI=1S/C19H19F3N2O2/c1-12-8-9-14(13(2)10-12)18(26)24(3)11-17(25)23-16-7-5-4-6-15(16)19(20,21)22/h4-10H,11H2,1-3H3,(H,23,25). The largest absolute Gasteiger partial charge is 0.418 e. The van der Waals surface area contributed by atoms with Gasteiger partial charge < -0.3 is 10.2 Å². The first-order chi connectivity index (χ1) is 12.1. The van der Waals surface area contributed by atoms with Gasteiger partial charge in [-0.15, -0.1) is 0 Å². The summed E-state index contributed by atoms with van der Waals surface area (Å²) < 4.78 is 38.9. The van der Waals surface area contributed by atoms with Gasteiger partial charge in [-0.2, -0.15) is 13.2 Å². The summed E-state index contributed by atoms with van der Waals surface area (Å²) in [5.74, 6) is -1.08. The molecule has 138 valence electrons. The molecule has 0 saturated carbocycles. The van der Waals surface area contributed by atoms with Crippen molar-refractivity contribution in [3.8, 4) is 0 Å². The smallest absolute Gasteiger partial charge is 0.332 e. The van der Waals surface area contributed by atoms with Gasteiger partial charge in [0.1, 0.15) is 0 Å². The van der Waals surface area contributed by atoms with Crippen molar-refractivity contribution in [1.29, 1.82) is 0 Å². The van der Waals surface area contributed by atoms with Crippen LogP contribution in [-0.2, 0) is 11.0 Å². The van der Waals surface area contributed by atoms with E-state index in [0.29, 0.717) is 5.56 Å². The summed E-state index contributed by atoms with van der Waals surface area (Å²) in [7, 11) is 1.43. The zero-order valence-electron chi connectivity index (χ0n) is 14.6. The van der Waals surface area contributed by atoms with E-state index in [-0.39, 0.29) is 18.1 Å². The zero-order valence-corrected chi connectivity index (χ0v) is 14.6. The Labute approximate surface area is 149 Å². The Morgan fingerprint density at radius 1 is 1.08 bits per heavy atom. The van der Waals surface area contributed by atoms with Crippen LogP contribution < -0.4 is 5.32 Å². The lowest BCUT2D eigenvalue weighted by molar-refractivity contribution is -0.137. The number of benzene rings is 2. The molecule has 0 aliphatic heterocycles. The minimum atomic E-state index is -4.58. The normalized spacial score (nSPS) is 11.2. The number of alkyl halides is 3. The van der Waals surface area contributed by atoms with E-state index in [0.717, 1.165) is 17.2 Å². The number of rotatable bonds is 4. The summed E-state index contributed by atoms with van der Waals surface area (Å²) in [6, 6.07) is 10.0. The molecular weight excluding hydrogens is 345 g/mol. The SMILES string of the molecule is Cc1ccc(C(=O)N(C)CC(=O)Nc2ccccc2C(F)(F)F)c(C)c1. The lowest BCUT2D eigenvalue weighted by atomic mass is 10.0. The predicted octanol–water partition coefficient (Wildman–Crippen LogP) is 4.03. The van der Waals surface area contributed by atoms with Gasteiger partial charge in [-0.3, -0.25) is 9.59 Å². The van der Waals surface area contributed by atoms with Crippen LogP contribution in [0.15, 0.2) is 42.5 Å².